The van der Waals surface area contributed by atoms with Crippen molar-refractivity contribution in [2.24, 2.45) is 0 Å². The first kappa shape index (κ1) is 18.7. The lowest BCUT2D eigenvalue weighted by Gasteiger charge is -2.17. The van der Waals surface area contributed by atoms with Crippen LogP contribution in [0, 0.1) is 0 Å². The van der Waals surface area contributed by atoms with Gasteiger partial charge in [-0.05, 0) is 44.2 Å². The van der Waals surface area contributed by atoms with Gasteiger partial charge in [0.05, 0.1) is 13.2 Å². The van der Waals surface area contributed by atoms with Gasteiger partial charge in [0.25, 0.3) is 5.56 Å². The van der Waals surface area contributed by atoms with E-state index >= 15 is 0 Å². The molecular weight excluding hydrogens is 376 g/mol. The van der Waals surface area contributed by atoms with Crippen molar-refractivity contribution in [3.8, 4) is 11.5 Å². The van der Waals surface area contributed by atoms with Crippen LogP contribution in [0.2, 0.25) is 0 Å². The number of fused-ring (bicyclic) bond motifs is 1. The Kier molecular flexibility index (Phi) is 5.47. The number of nitrogens with one attached hydrogen (secondary N) is 1. The van der Waals surface area contributed by atoms with Gasteiger partial charge in [0.15, 0.2) is 0 Å². The molecule has 2 heterocycles. The second kappa shape index (κ2) is 8.18. The number of ether oxygens (including phenoxy) is 2. The van der Waals surface area contributed by atoms with E-state index < -0.39 is 0 Å². The van der Waals surface area contributed by atoms with E-state index in [1.807, 2.05) is 25.1 Å². The Morgan fingerprint density at radius 1 is 1.29 bits per heavy atom. The van der Waals surface area contributed by atoms with Gasteiger partial charge in [-0.1, -0.05) is 18.3 Å². The van der Waals surface area contributed by atoms with Crippen LogP contribution in [0.3, 0.4) is 0 Å². The molecule has 4 rings (SSSR count). The maximum absolute atomic E-state index is 12.2. The smallest absolute Gasteiger partial charge is 0.275 e. The second-order valence-electron chi connectivity index (χ2n) is 6.89. The molecule has 28 heavy (non-hydrogen) atoms. The summed E-state index contributed by atoms with van der Waals surface area (Å²) in [4.78, 5) is 17.2. The largest absolute Gasteiger partial charge is 0.497 e. The lowest BCUT2D eigenvalue weighted by Crippen LogP contribution is -2.15. The summed E-state index contributed by atoms with van der Waals surface area (Å²) < 4.78 is 12.9. The molecule has 1 N–H and O–H groups in total. The van der Waals surface area contributed by atoms with Crippen molar-refractivity contribution >= 4 is 21.4 Å². The molecule has 3 aromatic rings. The van der Waals surface area contributed by atoms with E-state index in [1.54, 1.807) is 7.11 Å². The lowest BCUT2D eigenvalue weighted by atomic mass is 10.2. The van der Waals surface area contributed by atoms with Crippen LogP contribution in [-0.2, 0) is 13.0 Å². The lowest BCUT2D eigenvalue weighted by molar-refractivity contribution is 0.207. The van der Waals surface area contributed by atoms with Crippen molar-refractivity contribution in [2.45, 2.75) is 51.7 Å². The summed E-state index contributed by atoms with van der Waals surface area (Å²) in [6.07, 6.45) is 5.61. The molecule has 0 spiro atoms. The first-order valence-corrected chi connectivity index (χ1v) is 10.4. The summed E-state index contributed by atoms with van der Waals surface area (Å²) in [7, 11) is 1.66. The molecule has 1 aromatic carbocycles. The molecule has 0 amide bonds. The fourth-order valence-electron chi connectivity index (χ4n) is 3.38. The van der Waals surface area contributed by atoms with Crippen LogP contribution < -0.4 is 20.3 Å². The number of aryl methyl sites for hydroxylation is 1. The number of rotatable bonds is 7. The zero-order valence-corrected chi connectivity index (χ0v) is 16.9. The highest BCUT2D eigenvalue weighted by atomic mass is 32.1. The first-order chi connectivity index (χ1) is 13.7. The fourth-order valence-corrected chi connectivity index (χ4v) is 4.20. The molecule has 8 heteroatoms. The van der Waals surface area contributed by atoms with E-state index in [2.05, 4.69) is 15.4 Å². The Morgan fingerprint density at radius 3 is 2.86 bits per heavy atom. The Hall–Kier alpha value is -2.61. The van der Waals surface area contributed by atoms with E-state index in [1.165, 1.54) is 34.8 Å². The summed E-state index contributed by atoms with van der Waals surface area (Å²) in [5.74, 6) is 1.61. The normalized spacial score (nSPS) is 14.5. The van der Waals surface area contributed by atoms with Gasteiger partial charge in [0.1, 0.15) is 11.5 Å². The van der Waals surface area contributed by atoms with Crippen LogP contribution in [0.5, 0.6) is 11.5 Å². The molecule has 0 unspecified atom stereocenters. The number of anilines is 1. The molecule has 0 radical (unpaired) electrons. The van der Waals surface area contributed by atoms with Gasteiger partial charge in [-0.3, -0.25) is 4.79 Å². The summed E-state index contributed by atoms with van der Waals surface area (Å²) in [6, 6.07) is 7.40. The Bertz CT molecular complexity index is 1020. The number of methoxy groups -OCH3 is 1. The SMILES string of the molecule is CCc1cc(=O)n2nc(NCc3ccc(OC)cc3OC3CCCC3)sc2n1. The van der Waals surface area contributed by atoms with Crippen molar-refractivity contribution < 1.29 is 9.47 Å². The third-order valence-corrected chi connectivity index (χ3v) is 5.83. The maximum atomic E-state index is 12.2. The highest BCUT2D eigenvalue weighted by Gasteiger charge is 2.18. The molecular formula is C20H24N4O3S. The van der Waals surface area contributed by atoms with Crippen molar-refractivity contribution in [3.63, 3.8) is 0 Å². The minimum atomic E-state index is -0.152. The monoisotopic (exact) mass is 400 g/mol. The zero-order valence-electron chi connectivity index (χ0n) is 16.1. The molecule has 1 aliphatic rings. The maximum Gasteiger partial charge on any atom is 0.275 e. The van der Waals surface area contributed by atoms with E-state index in [4.69, 9.17) is 9.47 Å². The van der Waals surface area contributed by atoms with Crippen LogP contribution >= 0.6 is 11.3 Å². The summed E-state index contributed by atoms with van der Waals surface area (Å²) in [5, 5.41) is 8.31. The van der Waals surface area contributed by atoms with E-state index in [-0.39, 0.29) is 11.7 Å². The van der Waals surface area contributed by atoms with Gasteiger partial charge in [-0.25, -0.2) is 4.98 Å². The summed E-state index contributed by atoms with van der Waals surface area (Å²) in [6.45, 7) is 2.52. The van der Waals surface area contributed by atoms with Crippen LogP contribution in [0.25, 0.3) is 4.96 Å². The molecule has 7 nitrogen and oxygen atoms in total. The van der Waals surface area contributed by atoms with Gasteiger partial charge in [0, 0.05) is 29.9 Å². The van der Waals surface area contributed by atoms with E-state index in [9.17, 15) is 4.79 Å². The topological polar surface area (TPSA) is 77.8 Å². The van der Waals surface area contributed by atoms with Crippen molar-refractivity contribution in [1.29, 1.82) is 0 Å². The van der Waals surface area contributed by atoms with Crippen LogP contribution in [-0.4, -0.2) is 27.8 Å². The standard InChI is InChI=1S/C20H24N4O3S/c1-3-14-10-18(25)24-20(22-14)28-19(23-24)21-12-13-8-9-16(26-2)11-17(13)27-15-6-4-5-7-15/h8-11,15H,3-7,12H2,1-2H3,(H,21,23). The zero-order chi connectivity index (χ0) is 19.5. The predicted octanol–water partition coefficient (Wildman–Crippen LogP) is 3.66. The third kappa shape index (κ3) is 3.96. The molecule has 0 bridgehead atoms. The van der Waals surface area contributed by atoms with Crippen LogP contribution in [0.15, 0.2) is 29.1 Å². The van der Waals surface area contributed by atoms with Crippen LogP contribution in [0.1, 0.15) is 43.9 Å². The average molecular weight is 401 g/mol. The third-order valence-electron chi connectivity index (χ3n) is 4.96. The number of hydrogen-bond donors (Lipinski definition) is 1. The number of benzene rings is 1. The minimum Gasteiger partial charge on any atom is -0.497 e. The Labute approximate surface area is 167 Å². The number of nitrogens with zero attached hydrogens (tertiary/aromatic N) is 3. The molecule has 1 fully saturated rings. The van der Waals surface area contributed by atoms with Crippen molar-refractivity contribution in [1.82, 2.24) is 14.6 Å². The Morgan fingerprint density at radius 2 is 2.11 bits per heavy atom. The second-order valence-corrected chi connectivity index (χ2v) is 7.85. The van der Waals surface area contributed by atoms with Crippen LogP contribution in [0.4, 0.5) is 5.13 Å². The van der Waals surface area contributed by atoms with Crippen molar-refractivity contribution in [2.75, 3.05) is 12.4 Å². The predicted molar refractivity (Wildman–Crippen MR) is 110 cm³/mol. The van der Waals surface area contributed by atoms with Gasteiger partial charge in [-0.15, -0.1) is 5.10 Å². The van der Waals surface area contributed by atoms with Gasteiger partial charge in [0.2, 0.25) is 10.1 Å². The average Bonchev–Trinajstić information content (AvgIpc) is 3.36. The Balaban J connectivity index is 1.54. The molecule has 0 atom stereocenters. The van der Waals surface area contributed by atoms with E-state index in [0.717, 1.165) is 42.0 Å². The molecule has 0 aliphatic heterocycles. The molecule has 2 aromatic heterocycles. The summed E-state index contributed by atoms with van der Waals surface area (Å²) >= 11 is 1.37. The minimum absolute atomic E-state index is 0.152. The van der Waals surface area contributed by atoms with E-state index in [0.29, 0.717) is 16.6 Å². The number of aromatic nitrogens is 3. The number of hydrogen-bond acceptors (Lipinski definition) is 7. The molecule has 148 valence electrons. The first-order valence-electron chi connectivity index (χ1n) is 9.63. The summed E-state index contributed by atoms with van der Waals surface area (Å²) in [5.41, 5.74) is 1.66. The fraction of sp³-hybridized carbons (Fsp3) is 0.450. The molecule has 0 saturated heterocycles. The van der Waals surface area contributed by atoms with Crippen molar-refractivity contribution in [3.05, 3.63) is 45.9 Å². The van der Waals surface area contributed by atoms with Gasteiger partial charge >= 0.3 is 0 Å². The van der Waals surface area contributed by atoms with Gasteiger partial charge in [-0.2, -0.15) is 4.52 Å². The quantitative estimate of drug-likeness (QED) is 0.652. The highest BCUT2D eigenvalue weighted by Crippen LogP contribution is 2.30. The molecule has 1 saturated carbocycles. The molecule has 1 aliphatic carbocycles. The highest BCUT2D eigenvalue weighted by molar-refractivity contribution is 7.20. The van der Waals surface area contributed by atoms with Gasteiger partial charge < -0.3 is 14.8 Å².